The predicted octanol–water partition coefficient (Wildman–Crippen LogP) is 1.90. The summed E-state index contributed by atoms with van der Waals surface area (Å²) in [6.45, 7) is 4.37. The predicted molar refractivity (Wildman–Crippen MR) is 64.9 cm³/mol. The molecule has 1 aliphatic carbocycles. The average Bonchev–Trinajstić information content (AvgIpc) is 2.83. The van der Waals surface area contributed by atoms with E-state index >= 15 is 0 Å². The Morgan fingerprint density at radius 1 is 1.31 bits per heavy atom. The van der Waals surface area contributed by atoms with E-state index in [-0.39, 0.29) is 12.0 Å². The van der Waals surface area contributed by atoms with Gasteiger partial charge in [-0.3, -0.25) is 4.79 Å². The van der Waals surface area contributed by atoms with E-state index in [4.69, 9.17) is 5.73 Å². The minimum Gasteiger partial charge on any atom is -0.337 e. The maximum Gasteiger partial charge on any atom is 0.226 e. The van der Waals surface area contributed by atoms with Gasteiger partial charge in [0.15, 0.2) is 0 Å². The van der Waals surface area contributed by atoms with Crippen LogP contribution in [-0.2, 0) is 4.79 Å². The van der Waals surface area contributed by atoms with Gasteiger partial charge in [0.2, 0.25) is 5.91 Å². The molecule has 0 aromatic heterocycles. The van der Waals surface area contributed by atoms with Crippen LogP contribution in [0.15, 0.2) is 0 Å². The van der Waals surface area contributed by atoms with Crippen LogP contribution in [0.3, 0.4) is 0 Å². The first-order valence-corrected chi connectivity index (χ1v) is 6.71. The Labute approximate surface area is 98.4 Å². The molecule has 92 valence electrons. The highest BCUT2D eigenvalue weighted by Gasteiger charge is 2.38. The summed E-state index contributed by atoms with van der Waals surface area (Å²) in [5.74, 6) is 0.592. The maximum absolute atomic E-state index is 12.4. The fraction of sp³-hybridized carbons (Fsp3) is 0.923. The zero-order valence-corrected chi connectivity index (χ0v) is 10.5. The third-order valence-electron chi connectivity index (χ3n) is 4.33. The molecule has 1 amide bonds. The second kappa shape index (κ2) is 4.74. The molecule has 2 aliphatic rings. The lowest BCUT2D eigenvalue weighted by Gasteiger charge is -2.30. The molecule has 4 unspecified atom stereocenters. The fourth-order valence-electron chi connectivity index (χ4n) is 3.32. The molecule has 0 spiro atoms. The number of nitrogens with zero attached hydrogens (tertiary/aromatic N) is 1. The smallest absolute Gasteiger partial charge is 0.226 e. The highest BCUT2D eigenvalue weighted by atomic mass is 16.2. The number of nitrogens with two attached hydrogens (primary N) is 1. The molecule has 16 heavy (non-hydrogen) atoms. The van der Waals surface area contributed by atoms with E-state index in [1.54, 1.807) is 0 Å². The molecule has 0 aromatic rings. The van der Waals surface area contributed by atoms with Gasteiger partial charge >= 0.3 is 0 Å². The summed E-state index contributed by atoms with van der Waals surface area (Å²) < 4.78 is 0. The molecule has 1 saturated carbocycles. The van der Waals surface area contributed by atoms with E-state index in [0.717, 1.165) is 25.7 Å². The topological polar surface area (TPSA) is 46.3 Å². The van der Waals surface area contributed by atoms with Crippen LogP contribution in [0.2, 0.25) is 0 Å². The number of carbonyl (C=O) groups is 1. The van der Waals surface area contributed by atoms with Gasteiger partial charge in [-0.15, -0.1) is 0 Å². The number of hydrogen-bond donors (Lipinski definition) is 1. The molecule has 0 aromatic carbocycles. The normalized spacial score (nSPS) is 39.3. The van der Waals surface area contributed by atoms with Crippen molar-refractivity contribution in [2.45, 2.75) is 70.5 Å². The molecule has 4 atom stereocenters. The van der Waals surface area contributed by atoms with E-state index < -0.39 is 0 Å². The SMILES string of the molecule is CCC1CCC(C)N1C(=O)C1CCC(N)C1. The first kappa shape index (κ1) is 11.9. The largest absolute Gasteiger partial charge is 0.337 e. The lowest BCUT2D eigenvalue weighted by atomic mass is 10.0. The van der Waals surface area contributed by atoms with Gasteiger partial charge in [-0.2, -0.15) is 0 Å². The van der Waals surface area contributed by atoms with Crippen molar-refractivity contribution in [2.75, 3.05) is 0 Å². The first-order chi connectivity index (χ1) is 7.63. The maximum atomic E-state index is 12.4. The highest BCUT2D eigenvalue weighted by Crippen LogP contribution is 2.32. The van der Waals surface area contributed by atoms with Crippen LogP contribution in [0, 0.1) is 5.92 Å². The molecule has 0 bridgehead atoms. The molecular formula is C13H24N2O. The van der Waals surface area contributed by atoms with Crippen molar-refractivity contribution in [3.8, 4) is 0 Å². The third-order valence-corrected chi connectivity index (χ3v) is 4.33. The van der Waals surface area contributed by atoms with Gasteiger partial charge in [0, 0.05) is 24.0 Å². The van der Waals surface area contributed by atoms with Crippen LogP contribution >= 0.6 is 0 Å². The molecule has 2 fully saturated rings. The van der Waals surface area contributed by atoms with Gasteiger partial charge in [0.1, 0.15) is 0 Å². The van der Waals surface area contributed by atoms with Gasteiger partial charge in [0.25, 0.3) is 0 Å². The number of hydrogen-bond acceptors (Lipinski definition) is 2. The zero-order valence-electron chi connectivity index (χ0n) is 10.5. The molecule has 3 nitrogen and oxygen atoms in total. The number of amides is 1. The molecule has 1 saturated heterocycles. The Hall–Kier alpha value is -0.570. The molecular weight excluding hydrogens is 200 g/mol. The van der Waals surface area contributed by atoms with Crippen molar-refractivity contribution in [1.82, 2.24) is 4.90 Å². The van der Waals surface area contributed by atoms with Crippen LogP contribution in [-0.4, -0.2) is 28.9 Å². The van der Waals surface area contributed by atoms with Crippen molar-refractivity contribution in [3.63, 3.8) is 0 Å². The summed E-state index contributed by atoms with van der Waals surface area (Å²) in [4.78, 5) is 14.6. The standard InChI is InChI=1S/C13H24N2O/c1-3-12-7-4-9(2)15(12)13(16)10-5-6-11(14)8-10/h9-12H,3-8,14H2,1-2H3. The Morgan fingerprint density at radius 3 is 2.62 bits per heavy atom. The Kier molecular flexibility index (Phi) is 3.53. The zero-order chi connectivity index (χ0) is 11.7. The first-order valence-electron chi connectivity index (χ1n) is 6.71. The minimum atomic E-state index is 0.213. The van der Waals surface area contributed by atoms with E-state index in [1.165, 1.54) is 12.8 Å². The molecule has 0 radical (unpaired) electrons. The number of carbonyl (C=O) groups excluding carboxylic acids is 1. The quantitative estimate of drug-likeness (QED) is 0.778. The summed E-state index contributed by atoms with van der Waals surface area (Å²) in [7, 11) is 0. The molecule has 1 aliphatic heterocycles. The highest BCUT2D eigenvalue weighted by molar-refractivity contribution is 5.80. The minimum absolute atomic E-state index is 0.213. The van der Waals surface area contributed by atoms with Crippen LogP contribution < -0.4 is 5.73 Å². The number of likely N-dealkylation sites (tertiary alicyclic amines) is 1. The summed E-state index contributed by atoms with van der Waals surface area (Å²) in [5.41, 5.74) is 5.89. The molecule has 2 N–H and O–H groups in total. The van der Waals surface area contributed by atoms with Crippen LogP contribution in [0.25, 0.3) is 0 Å². The lowest BCUT2D eigenvalue weighted by molar-refractivity contribution is -0.138. The second-order valence-corrected chi connectivity index (χ2v) is 5.50. The van der Waals surface area contributed by atoms with Gasteiger partial charge in [0.05, 0.1) is 0 Å². The summed E-state index contributed by atoms with van der Waals surface area (Å²) in [6, 6.07) is 1.18. The molecule has 2 rings (SSSR count). The third kappa shape index (κ3) is 2.10. The van der Waals surface area contributed by atoms with Crippen molar-refractivity contribution >= 4 is 5.91 Å². The summed E-state index contributed by atoms with van der Waals surface area (Å²) >= 11 is 0. The van der Waals surface area contributed by atoms with E-state index in [9.17, 15) is 4.79 Å². The molecule has 3 heteroatoms. The Morgan fingerprint density at radius 2 is 2.06 bits per heavy atom. The molecule has 1 heterocycles. The van der Waals surface area contributed by atoms with E-state index in [1.807, 2.05) is 0 Å². The summed E-state index contributed by atoms with van der Waals surface area (Å²) in [5, 5.41) is 0. The van der Waals surface area contributed by atoms with Crippen molar-refractivity contribution in [1.29, 1.82) is 0 Å². The lowest BCUT2D eigenvalue weighted by Crippen LogP contribution is -2.43. The van der Waals surface area contributed by atoms with E-state index in [0.29, 0.717) is 18.0 Å². The Balaban J connectivity index is 2.02. The average molecular weight is 224 g/mol. The van der Waals surface area contributed by atoms with Crippen molar-refractivity contribution < 1.29 is 4.79 Å². The fourth-order valence-corrected chi connectivity index (χ4v) is 3.32. The monoisotopic (exact) mass is 224 g/mol. The van der Waals surface area contributed by atoms with Crippen molar-refractivity contribution in [2.24, 2.45) is 11.7 Å². The van der Waals surface area contributed by atoms with Crippen LogP contribution in [0.5, 0.6) is 0 Å². The van der Waals surface area contributed by atoms with E-state index in [2.05, 4.69) is 18.7 Å². The summed E-state index contributed by atoms with van der Waals surface area (Å²) in [6.07, 6.45) is 6.37. The van der Waals surface area contributed by atoms with Gasteiger partial charge in [-0.25, -0.2) is 0 Å². The van der Waals surface area contributed by atoms with Crippen molar-refractivity contribution in [3.05, 3.63) is 0 Å². The Bertz CT molecular complexity index is 267. The van der Waals surface area contributed by atoms with Gasteiger partial charge in [-0.05, 0) is 45.4 Å². The number of rotatable bonds is 2. The van der Waals surface area contributed by atoms with Crippen LogP contribution in [0.1, 0.15) is 52.4 Å². The van der Waals surface area contributed by atoms with Gasteiger partial charge in [-0.1, -0.05) is 6.92 Å². The second-order valence-electron chi connectivity index (χ2n) is 5.50. The van der Waals surface area contributed by atoms with Crippen LogP contribution in [0.4, 0.5) is 0 Å². The van der Waals surface area contributed by atoms with Gasteiger partial charge < -0.3 is 10.6 Å².